The van der Waals surface area contributed by atoms with Crippen molar-refractivity contribution in [3.05, 3.63) is 27.7 Å². The Kier molecular flexibility index (Phi) is 7.81. The maximum absolute atomic E-state index is 11.9. The van der Waals surface area contributed by atoms with Gasteiger partial charge in [0, 0.05) is 16.6 Å². The summed E-state index contributed by atoms with van der Waals surface area (Å²) in [6, 6.07) is 5.77. The number of benzene rings is 1. The van der Waals surface area contributed by atoms with Crippen molar-refractivity contribution >= 4 is 45.8 Å². The zero-order valence-electron chi connectivity index (χ0n) is 11.7. The SMILES string of the molecule is CC1NCCCC1NC(=O)COc1ccc(Br)cc1Cl.Cl. The van der Waals surface area contributed by atoms with E-state index in [1.54, 1.807) is 12.1 Å². The van der Waals surface area contributed by atoms with Crippen molar-refractivity contribution < 1.29 is 9.53 Å². The van der Waals surface area contributed by atoms with Gasteiger partial charge in [0.2, 0.25) is 0 Å². The number of hydrogen-bond donors (Lipinski definition) is 2. The van der Waals surface area contributed by atoms with Crippen LogP contribution in [0.15, 0.2) is 22.7 Å². The molecule has 118 valence electrons. The molecule has 2 atom stereocenters. The van der Waals surface area contributed by atoms with E-state index >= 15 is 0 Å². The number of amides is 1. The van der Waals surface area contributed by atoms with Gasteiger partial charge in [-0.3, -0.25) is 4.79 Å². The van der Waals surface area contributed by atoms with Crippen LogP contribution >= 0.6 is 39.9 Å². The molecule has 1 aliphatic rings. The number of rotatable bonds is 4. The molecule has 1 saturated heterocycles. The molecule has 1 heterocycles. The molecule has 0 spiro atoms. The van der Waals surface area contributed by atoms with E-state index in [0.29, 0.717) is 16.8 Å². The summed E-state index contributed by atoms with van der Waals surface area (Å²) in [4.78, 5) is 11.9. The van der Waals surface area contributed by atoms with Crippen LogP contribution in [0.2, 0.25) is 5.02 Å². The molecule has 1 amide bonds. The molecule has 0 aliphatic carbocycles. The highest BCUT2D eigenvalue weighted by atomic mass is 79.9. The average molecular weight is 398 g/mol. The van der Waals surface area contributed by atoms with Crippen LogP contribution in [-0.4, -0.2) is 31.1 Å². The first-order chi connectivity index (χ1) is 9.56. The van der Waals surface area contributed by atoms with Crippen LogP contribution in [0, 0.1) is 0 Å². The number of ether oxygens (including phenoxy) is 1. The molecule has 0 saturated carbocycles. The lowest BCUT2D eigenvalue weighted by molar-refractivity contribution is -0.124. The lowest BCUT2D eigenvalue weighted by Crippen LogP contribution is -2.52. The zero-order valence-corrected chi connectivity index (χ0v) is 14.9. The second-order valence-corrected chi connectivity index (χ2v) is 6.25. The summed E-state index contributed by atoms with van der Waals surface area (Å²) in [5.41, 5.74) is 0. The molecule has 4 nitrogen and oxygen atoms in total. The Hall–Kier alpha value is -0.490. The van der Waals surface area contributed by atoms with Gasteiger partial charge >= 0.3 is 0 Å². The molecule has 1 aromatic carbocycles. The highest BCUT2D eigenvalue weighted by Crippen LogP contribution is 2.27. The van der Waals surface area contributed by atoms with E-state index in [4.69, 9.17) is 16.3 Å². The Morgan fingerprint density at radius 2 is 2.33 bits per heavy atom. The molecule has 0 aromatic heterocycles. The quantitative estimate of drug-likeness (QED) is 0.820. The summed E-state index contributed by atoms with van der Waals surface area (Å²) in [7, 11) is 0. The minimum absolute atomic E-state index is 0. The molecule has 1 aliphatic heterocycles. The van der Waals surface area contributed by atoms with Crippen LogP contribution in [0.4, 0.5) is 0 Å². The van der Waals surface area contributed by atoms with Crippen LogP contribution in [0.5, 0.6) is 5.75 Å². The Balaban J connectivity index is 0.00000220. The Morgan fingerprint density at radius 1 is 1.57 bits per heavy atom. The first-order valence-corrected chi connectivity index (χ1v) is 7.84. The Labute approximate surface area is 144 Å². The number of piperidine rings is 1. The van der Waals surface area contributed by atoms with Gasteiger partial charge in [0.1, 0.15) is 5.75 Å². The zero-order chi connectivity index (χ0) is 14.5. The third kappa shape index (κ3) is 5.66. The second-order valence-electron chi connectivity index (χ2n) is 4.92. The van der Waals surface area contributed by atoms with E-state index in [9.17, 15) is 4.79 Å². The second kappa shape index (κ2) is 8.83. The van der Waals surface area contributed by atoms with E-state index in [0.717, 1.165) is 23.9 Å². The lowest BCUT2D eigenvalue weighted by atomic mass is 10.00. The summed E-state index contributed by atoms with van der Waals surface area (Å²) in [6.07, 6.45) is 2.08. The van der Waals surface area contributed by atoms with Gasteiger partial charge in [-0.05, 0) is 44.5 Å². The molecule has 2 N–H and O–H groups in total. The fourth-order valence-electron chi connectivity index (χ4n) is 2.23. The molecular formula is C14H19BrCl2N2O2. The van der Waals surface area contributed by atoms with Crippen molar-refractivity contribution in [1.29, 1.82) is 0 Å². The third-order valence-electron chi connectivity index (χ3n) is 3.36. The summed E-state index contributed by atoms with van der Waals surface area (Å²) in [5.74, 6) is 0.393. The van der Waals surface area contributed by atoms with Crippen molar-refractivity contribution in [1.82, 2.24) is 10.6 Å². The summed E-state index contributed by atoms with van der Waals surface area (Å²) >= 11 is 9.35. The van der Waals surface area contributed by atoms with Crippen molar-refractivity contribution in [2.45, 2.75) is 31.8 Å². The van der Waals surface area contributed by atoms with Crippen LogP contribution in [0.1, 0.15) is 19.8 Å². The van der Waals surface area contributed by atoms with Gasteiger partial charge in [0.15, 0.2) is 6.61 Å². The summed E-state index contributed by atoms with van der Waals surface area (Å²) in [5, 5.41) is 6.82. The highest BCUT2D eigenvalue weighted by molar-refractivity contribution is 9.10. The van der Waals surface area contributed by atoms with Gasteiger partial charge in [-0.15, -0.1) is 12.4 Å². The van der Waals surface area contributed by atoms with Gasteiger partial charge < -0.3 is 15.4 Å². The van der Waals surface area contributed by atoms with Gasteiger partial charge in [-0.1, -0.05) is 27.5 Å². The standard InChI is InChI=1S/C14H18BrClN2O2.ClH/c1-9-12(3-2-6-17-9)18-14(19)8-20-13-5-4-10(15)7-11(13)16;/h4-5,7,9,12,17H,2-3,6,8H2,1H3,(H,18,19);1H. The van der Waals surface area contributed by atoms with Gasteiger partial charge in [-0.25, -0.2) is 0 Å². The minimum Gasteiger partial charge on any atom is -0.482 e. The van der Waals surface area contributed by atoms with E-state index in [2.05, 4.69) is 33.5 Å². The van der Waals surface area contributed by atoms with Crippen molar-refractivity contribution in [2.24, 2.45) is 0 Å². The van der Waals surface area contributed by atoms with Crippen molar-refractivity contribution in [2.75, 3.05) is 13.2 Å². The molecule has 21 heavy (non-hydrogen) atoms. The molecule has 7 heteroatoms. The van der Waals surface area contributed by atoms with E-state index in [1.165, 1.54) is 0 Å². The molecule has 1 aromatic rings. The van der Waals surface area contributed by atoms with Crippen molar-refractivity contribution in [3.8, 4) is 5.75 Å². The molecule has 2 rings (SSSR count). The average Bonchev–Trinajstić information content (AvgIpc) is 2.40. The number of carbonyl (C=O) groups excluding carboxylic acids is 1. The van der Waals surface area contributed by atoms with Crippen LogP contribution in [-0.2, 0) is 4.79 Å². The fourth-order valence-corrected chi connectivity index (χ4v) is 2.95. The lowest BCUT2D eigenvalue weighted by Gasteiger charge is -2.30. The van der Waals surface area contributed by atoms with Gasteiger partial charge in [-0.2, -0.15) is 0 Å². The number of nitrogens with one attached hydrogen (secondary N) is 2. The maximum Gasteiger partial charge on any atom is 0.258 e. The van der Waals surface area contributed by atoms with E-state index < -0.39 is 0 Å². The predicted molar refractivity (Wildman–Crippen MR) is 90.5 cm³/mol. The predicted octanol–water partition coefficient (Wildman–Crippen LogP) is 3.16. The number of carbonyl (C=O) groups is 1. The fraction of sp³-hybridized carbons (Fsp3) is 0.500. The Bertz CT molecular complexity index is 488. The van der Waals surface area contributed by atoms with Crippen LogP contribution < -0.4 is 15.4 Å². The van der Waals surface area contributed by atoms with E-state index in [1.807, 2.05) is 6.07 Å². The molecule has 2 unspecified atom stereocenters. The topological polar surface area (TPSA) is 50.4 Å². The monoisotopic (exact) mass is 396 g/mol. The molecular weight excluding hydrogens is 379 g/mol. The summed E-state index contributed by atoms with van der Waals surface area (Å²) in [6.45, 7) is 3.07. The number of halogens is 3. The maximum atomic E-state index is 11.9. The first kappa shape index (κ1) is 18.6. The number of hydrogen-bond acceptors (Lipinski definition) is 3. The first-order valence-electron chi connectivity index (χ1n) is 6.67. The molecule has 1 fully saturated rings. The summed E-state index contributed by atoms with van der Waals surface area (Å²) < 4.78 is 6.32. The van der Waals surface area contributed by atoms with E-state index in [-0.39, 0.29) is 31.0 Å². The molecule has 0 bridgehead atoms. The Morgan fingerprint density at radius 3 is 3.00 bits per heavy atom. The van der Waals surface area contributed by atoms with Gasteiger partial charge in [0.05, 0.1) is 5.02 Å². The minimum atomic E-state index is -0.121. The normalized spacial score (nSPS) is 21.3. The third-order valence-corrected chi connectivity index (χ3v) is 4.15. The smallest absolute Gasteiger partial charge is 0.258 e. The highest BCUT2D eigenvalue weighted by Gasteiger charge is 2.22. The largest absolute Gasteiger partial charge is 0.482 e. The van der Waals surface area contributed by atoms with Crippen molar-refractivity contribution in [3.63, 3.8) is 0 Å². The van der Waals surface area contributed by atoms with Crippen LogP contribution in [0.25, 0.3) is 0 Å². The van der Waals surface area contributed by atoms with Gasteiger partial charge in [0.25, 0.3) is 5.91 Å². The molecule has 0 radical (unpaired) electrons. The van der Waals surface area contributed by atoms with Crippen LogP contribution in [0.3, 0.4) is 0 Å².